The van der Waals surface area contributed by atoms with E-state index < -0.39 is 0 Å². The van der Waals surface area contributed by atoms with Crippen LogP contribution in [0.3, 0.4) is 0 Å². The number of likely N-dealkylation sites (tertiary alicyclic amines) is 1. The van der Waals surface area contributed by atoms with Crippen LogP contribution in [0, 0.1) is 0 Å². The summed E-state index contributed by atoms with van der Waals surface area (Å²) in [5.41, 5.74) is 2.25. The molecule has 4 rings (SSSR count). The molecule has 1 aliphatic heterocycles. The third-order valence-corrected chi connectivity index (χ3v) is 6.31. The van der Waals surface area contributed by atoms with E-state index in [1.54, 1.807) is 6.20 Å². The predicted molar refractivity (Wildman–Crippen MR) is 122 cm³/mol. The molecule has 1 aromatic heterocycles. The molecule has 1 N–H and O–H groups in total. The highest BCUT2D eigenvalue weighted by Crippen LogP contribution is 2.27. The standard InChI is InChI=1S/C25H32N4O2/c30-24(13-7-10-20-8-3-1-4-9-20)27-23-14-17-26-29(23)22-15-18-28(19-16-22)25(31)21-11-5-2-6-12-21/h1,3-4,8-9,11,14,17,22H,2,5-7,10,12-13,15-16,18-19H2,(H,27,30). The average molecular weight is 421 g/mol. The van der Waals surface area contributed by atoms with Gasteiger partial charge in [0.15, 0.2) is 0 Å². The lowest BCUT2D eigenvalue weighted by molar-refractivity contribution is -0.128. The summed E-state index contributed by atoms with van der Waals surface area (Å²) in [5, 5.41) is 7.50. The number of rotatable bonds is 7. The van der Waals surface area contributed by atoms with Gasteiger partial charge in [0.2, 0.25) is 11.8 Å². The molecule has 31 heavy (non-hydrogen) atoms. The van der Waals surface area contributed by atoms with Crippen LogP contribution in [-0.2, 0) is 16.0 Å². The van der Waals surface area contributed by atoms with Crippen LogP contribution in [0.2, 0.25) is 0 Å². The quantitative estimate of drug-likeness (QED) is 0.717. The van der Waals surface area contributed by atoms with Gasteiger partial charge in [-0.3, -0.25) is 9.59 Å². The van der Waals surface area contributed by atoms with E-state index >= 15 is 0 Å². The van der Waals surface area contributed by atoms with Gasteiger partial charge in [0.1, 0.15) is 5.82 Å². The van der Waals surface area contributed by atoms with Crippen LogP contribution in [0.4, 0.5) is 5.82 Å². The van der Waals surface area contributed by atoms with Gasteiger partial charge in [-0.2, -0.15) is 5.10 Å². The molecule has 6 nitrogen and oxygen atoms in total. The molecule has 1 aliphatic carbocycles. The molecule has 2 aliphatic rings. The highest BCUT2D eigenvalue weighted by atomic mass is 16.2. The predicted octanol–water partition coefficient (Wildman–Crippen LogP) is 4.51. The largest absolute Gasteiger partial charge is 0.339 e. The van der Waals surface area contributed by atoms with Crippen molar-refractivity contribution in [2.45, 2.75) is 63.8 Å². The second kappa shape index (κ2) is 10.4. The van der Waals surface area contributed by atoms with Gasteiger partial charge < -0.3 is 10.2 Å². The smallest absolute Gasteiger partial charge is 0.249 e. The molecule has 0 bridgehead atoms. The van der Waals surface area contributed by atoms with Gasteiger partial charge in [0, 0.05) is 31.1 Å². The zero-order chi connectivity index (χ0) is 21.5. The minimum atomic E-state index is 0.0227. The van der Waals surface area contributed by atoms with Crippen molar-refractivity contribution in [3.05, 3.63) is 59.8 Å². The molecule has 6 heteroatoms. The fourth-order valence-electron chi connectivity index (χ4n) is 4.56. The Balaban J connectivity index is 1.26. The molecule has 2 aromatic rings. The van der Waals surface area contributed by atoms with E-state index in [1.807, 2.05) is 33.8 Å². The number of aryl methyl sites for hydroxylation is 1. The number of carbonyl (C=O) groups is 2. The summed E-state index contributed by atoms with van der Waals surface area (Å²) < 4.78 is 1.93. The molecule has 2 heterocycles. The van der Waals surface area contributed by atoms with Crippen molar-refractivity contribution < 1.29 is 9.59 Å². The van der Waals surface area contributed by atoms with Crippen molar-refractivity contribution in [1.82, 2.24) is 14.7 Å². The summed E-state index contributed by atoms with van der Waals surface area (Å²) >= 11 is 0. The van der Waals surface area contributed by atoms with Crippen LogP contribution in [0.5, 0.6) is 0 Å². The number of piperidine rings is 1. The number of hydrogen-bond acceptors (Lipinski definition) is 3. The maximum absolute atomic E-state index is 12.7. The van der Waals surface area contributed by atoms with Crippen LogP contribution < -0.4 is 5.32 Å². The fraction of sp³-hybridized carbons (Fsp3) is 0.480. The van der Waals surface area contributed by atoms with E-state index in [4.69, 9.17) is 0 Å². The number of amides is 2. The molecule has 2 amide bonds. The minimum absolute atomic E-state index is 0.0227. The first-order chi connectivity index (χ1) is 15.2. The molecule has 1 aromatic carbocycles. The Labute approximate surface area is 184 Å². The van der Waals surface area contributed by atoms with Crippen LogP contribution >= 0.6 is 0 Å². The first-order valence-corrected chi connectivity index (χ1v) is 11.6. The second-order valence-electron chi connectivity index (χ2n) is 8.55. The molecule has 0 saturated carbocycles. The highest BCUT2D eigenvalue weighted by molar-refractivity contribution is 5.93. The molecule has 0 radical (unpaired) electrons. The Morgan fingerprint density at radius 1 is 1.06 bits per heavy atom. The summed E-state index contributed by atoms with van der Waals surface area (Å²) in [4.78, 5) is 27.2. The summed E-state index contributed by atoms with van der Waals surface area (Å²) in [6.45, 7) is 1.48. The lowest BCUT2D eigenvalue weighted by Gasteiger charge is -2.33. The Hall–Kier alpha value is -2.89. The van der Waals surface area contributed by atoms with E-state index in [-0.39, 0.29) is 17.9 Å². The zero-order valence-corrected chi connectivity index (χ0v) is 18.1. The van der Waals surface area contributed by atoms with Gasteiger partial charge in [0.25, 0.3) is 0 Å². The lowest BCUT2D eigenvalue weighted by atomic mass is 9.97. The van der Waals surface area contributed by atoms with E-state index in [9.17, 15) is 9.59 Å². The molecular formula is C25H32N4O2. The van der Waals surface area contributed by atoms with Crippen molar-refractivity contribution >= 4 is 17.6 Å². The number of aromatic nitrogens is 2. The van der Waals surface area contributed by atoms with Gasteiger partial charge >= 0.3 is 0 Å². The van der Waals surface area contributed by atoms with Gasteiger partial charge in [0.05, 0.1) is 12.2 Å². The Bertz CT molecular complexity index is 911. The number of nitrogens with one attached hydrogen (secondary N) is 1. The van der Waals surface area contributed by atoms with Crippen molar-refractivity contribution in [3.63, 3.8) is 0 Å². The second-order valence-corrected chi connectivity index (χ2v) is 8.55. The van der Waals surface area contributed by atoms with Crippen LogP contribution in [0.15, 0.2) is 54.2 Å². The molecule has 1 fully saturated rings. The first-order valence-electron chi connectivity index (χ1n) is 11.6. The van der Waals surface area contributed by atoms with Crippen molar-refractivity contribution in [1.29, 1.82) is 0 Å². The molecular weight excluding hydrogens is 388 g/mol. The highest BCUT2D eigenvalue weighted by Gasteiger charge is 2.27. The molecule has 0 atom stereocenters. The van der Waals surface area contributed by atoms with Crippen molar-refractivity contribution in [2.75, 3.05) is 18.4 Å². The van der Waals surface area contributed by atoms with Crippen LogP contribution in [0.1, 0.15) is 63.0 Å². The summed E-state index contributed by atoms with van der Waals surface area (Å²) in [5.74, 6) is 0.990. The molecule has 0 unspecified atom stereocenters. The number of anilines is 1. The van der Waals surface area contributed by atoms with Crippen molar-refractivity contribution in [2.24, 2.45) is 0 Å². The number of allylic oxidation sites excluding steroid dienone is 1. The summed E-state index contributed by atoms with van der Waals surface area (Å²) in [6.07, 6.45) is 12.0. The lowest BCUT2D eigenvalue weighted by Crippen LogP contribution is -2.40. The van der Waals surface area contributed by atoms with Gasteiger partial charge in [-0.15, -0.1) is 0 Å². The van der Waals surface area contributed by atoms with E-state index in [0.29, 0.717) is 6.42 Å². The van der Waals surface area contributed by atoms with E-state index in [2.05, 4.69) is 28.6 Å². The molecule has 1 saturated heterocycles. The third kappa shape index (κ3) is 5.63. The normalized spacial score (nSPS) is 17.3. The Morgan fingerprint density at radius 2 is 1.87 bits per heavy atom. The van der Waals surface area contributed by atoms with Gasteiger partial charge in [-0.1, -0.05) is 36.4 Å². The number of nitrogens with zero attached hydrogens (tertiary/aromatic N) is 3. The van der Waals surface area contributed by atoms with Gasteiger partial charge in [-0.25, -0.2) is 4.68 Å². The maximum atomic E-state index is 12.7. The SMILES string of the molecule is O=C(CCCc1ccccc1)Nc1ccnn1C1CCN(C(=O)C2=CCCCC2)CC1. The fourth-order valence-corrected chi connectivity index (χ4v) is 4.56. The van der Waals surface area contributed by atoms with Crippen LogP contribution in [-0.4, -0.2) is 39.6 Å². The number of carbonyl (C=O) groups excluding carboxylic acids is 2. The number of benzene rings is 1. The maximum Gasteiger partial charge on any atom is 0.249 e. The van der Waals surface area contributed by atoms with E-state index in [0.717, 1.165) is 69.4 Å². The Kier molecular flexibility index (Phi) is 7.18. The summed E-state index contributed by atoms with van der Waals surface area (Å²) in [6, 6.07) is 12.3. The Morgan fingerprint density at radius 3 is 2.61 bits per heavy atom. The van der Waals surface area contributed by atoms with E-state index in [1.165, 1.54) is 12.0 Å². The third-order valence-electron chi connectivity index (χ3n) is 6.31. The first kappa shape index (κ1) is 21.3. The van der Waals surface area contributed by atoms with Crippen molar-refractivity contribution in [3.8, 4) is 0 Å². The minimum Gasteiger partial charge on any atom is -0.339 e. The zero-order valence-electron chi connectivity index (χ0n) is 18.1. The van der Waals surface area contributed by atoms with Gasteiger partial charge in [-0.05, 0) is 56.9 Å². The number of hydrogen-bond donors (Lipinski definition) is 1. The topological polar surface area (TPSA) is 67.2 Å². The molecule has 164 valence electrons. The summed E-state index contributed by atoms with van der Waals surface area (Å²) in [7, 11) is 0. The average Bonchev–Trinajstić information content (AvgIpc) is 3.28. The van der Waals surface area contributed by atoms with Crippen LogP contribution in [0.25, 0.3) is 0 Å². The molecule has 0 spiro atoms. The monoisotopic (exact) mass is 420 g/mol.